The molecule has 0 heterocycles. The van der Waals surface area contributed by atoms with Gasteiger partial charge in [-0.05, 0) is 43.9 Å². The Bertz CT molecular complexity index is 531. The molecule has 0 radical (unpaired) electrons. The maximum absolute atomic E-state index is 12.0. The number of rotatable bonds is 18. The minimum Gasteiger partial charge on any atom is -0.353 e. The summed E-state index contributed by atoms with van der Waals surface area (Å²) >= 11 is 0. The number of unbranched alkanes of at least 4 members (excludes halogenated alkanes) is 3. The van der Waals surface area contributed by atoms with Crippen molar-refractivity contribution in [3.8, 4) is 0 Å². The summed E-state index contributed by atoms with van der Waals surface area (Å²) in [5, 5.41) is 2.58. The molecule has 0 aliphatic heterocycles. The second-order valence-corrected chi connectivity index (χ2v) is 8.78. The first-order valence-electron chi connectivity index (χ1n) is 11.9. The number of carbonyl (C=O) groups is 1. The number of hydrogen-bond acceptors (Lipinski definition) is 1. The fourth-order valence-corrected chi connectivity index (χ4v) is 3.13. The fraction of sp³-hybridized carbons (Fsp3) is 0.667. The van der Waals surface area contributed by atoms with Gasteiger partial charge in [0.05, 0.1) is 0 Å². The summed E-state index contributed by atoms with van der Waals surface area (Å²) in [5.74, 6) is -0.124. The molecule has 30 heavy (non-hydrogen) atoms. The molecule has 0 saturated carbocycles. The summed E-state index contributed by atoms with van der Waals surface area (Å²) in [6.07, 6.45) is 28.9. The first-order chi connectivity index (χ1) is 14.4. The summed E-state index contributed by atoms with van der Waals surface area (Å²) < 4.78 is 12.0. The molecule has 1 atom stereocenters. The Hall–Kier alpha value is -1.64. The van der Waals surface area contributed by atoms with E-state index in [-0.39, 0.29) is 18.4 Å². The SMILES string of the molecule is CCCCCCC(C)(C)/C=C\C/C=C\C/C=C\C/C=C\CC[C@@H](C)C(=O)NCCF. The van der Waals surface area contributed by atoms with Gasteiger partial charge in [-0.1, -0.05) is 102 Å². The van der Waals surface area contributed by atoms with Crippen molar-refractivity contribution in [3.63, 3.8) is 0 Å². The minimum atomic E-state index is -0.506. The van der Waals surface area contributed by atoms with E-state index in [0.29, 0.717) is 5.41 Å². The van der Waals surface area contributed by atoms with Gasteiger partial charge in [-0.15, -0.1) is 0 Å². The number of amides is 1. The average molecular weight is 420 g/mol. The van der Waals surface area contributed by atoms with Crippen LogP contribution < -0.4 is 5.32 Å². The van der Waals surface area contributed by atoms with Gasteiger partial charge in [0.1, 0.15) is 6.67 Å². The van der Waals surface area contributed by atoms with E-state index in [0.717, 1.165) is 32.1 Å². The van der Waals surface area contributed by atoms with Crippen molar-refractivity contribution in [1.29, 1.82) is 0 Å². The van der Waals surface area contributed by atoms with Crippen molar-refractivity contribution < 1.29 is 9.18 Å². The van der Waals surface area contributed by atoms with Gasteiger partial charge < -0.3 is 5.32 Å². The van der Waals surface area contributed by atoms with Crippen LogP contribution >= 0.6 is 0 Å². The van der Waals surface area contributed by atoms with Crippen LogP contribution in [-0.2, 0) is 4.79 Å². The Balaban J connectivity index is 3.79. The molecule has 0 saturated heterocycles. The summed E-state index contributed by atoms with van der Waals surface area (Å²) in [4.78, 5) is 11.6. The van der Waals surface area contributed by atoms with Crippen LogP contribution in [0.1, 0.15) is 91.9 Å². The topological polar surface area (TPSA) is 29.1 Å². The maximum atomic E-state index is 12.0. The Morgan fingerprint density at radius 2 is 1.53 bits per heavy atom. The van der Waals surface area contributed by atoms with Gasteiger partial charge in [0.2, 0.25) is 5.91 Å². The lowest BCUT2D eigenvalue weighted by atomic mass is 9.86. The smallest absolute Gasteiger partial charge is 0.222 e. The van der Waals surface area contributed by atoms with Crippen LogP contribution in [0.2, 0.25) is 0 Å². The molecular formula is C27H46FNO. The predicted octanol–water partition coefficient (Wildman–Crippen LogP) is 7.88. The molecule has 2 nitrogen and oxygen atoms in total. The van der Waals surface area contributed by atoms with E-state index in [1.807, 2.05) is 6.92 Å². The van der Waals surface area contributed by atoms with Gasteiger partial charge in [0.25, 0.3) is 0 Å². The zero-order valence-electron chi connectivity index (χ0n) is 20.0. The van der Waals surface area contributed by atoms with Gasteiger partial charge in [-0.3, -0.25) is 4.79 Å². The molecule has 0 rings (SSSR count). The number of carbonyl (C=O) groups excluding carboxylic acids is 1. The van der Waals surface area contributed by atoms with E-state index < -0.39 is 6.67 Å². The highest BCUT2D eigenvalue weighted by molar-refractivity contribution is 5.78. The molecule has 0 unspecified atom stereocenters. The minimum absolute atomic E-state index is 0.0573. The lowest BCUT2D eigenvalue weighted by Crippen LogP contribution is -2.30. The van der Waals surface area contributed by atoms with E-state index in [2.05, 4.69) is 74.7 Å². The van der Waals surface area contributed by atoms with Crippen LogP contribution in [0.25, 0.3) is 0 Å². The van der Waals surface area contributed by atoms with Crippen molar-refractivity contribution in [2.75, 3.05) is 13.2 Å². The van der Waals surface area contributed by atoms with Crippen LogP contribution in [0.3, 0.4) is 0 Å². The fourth-order valence-electron chi connectivity index (χ4n) is 3.13. The van der Waals surface area contributed by atoms with E-state index in [4.69, 9.17) is 0 Å². The molecule has 0 bridgehead atoms. The Labute approximate surface area is 185 Å². The zero-order valence-corrected chi connectivity index (χ0v) is 20.0. The number of nitrogens with one attached hydrogen (secondary N) is 1. The molecule has 0 aliphatic rings. The summed E-state index contributed by atoms with van der Waals surface area (Å²) in [6, 6.07) is 0. The third-order valence-electron chi connectivity index (χ3n) is 5.17. The summed E-state index contributed by atoms with van der Waals surface area (Å²) in [6.45, 7) is 8.42. The predicted molar refractivity (Wildman–Crippen MR) is 130 cm³/mol. The maximum Gasteiger partial charge on any atom is 0.222 e. The standard InChI is InChI=1S/C27H46FNO/c1-5-6-7-18-21-27(3,4)22-19-16-14-12-10-8-9-11-13-15-17-20-25(2)26(30)29-24-23-28/h8-9,12-15,19,22,25H,5-7,10-11,16-18,20-21,23-24H2,1-4H3,(H,29,30)/b9-8-,14-12-,15-13-,22-19-/t25-/m1/s1. The lowest BCUT2D eigenvalue weighted by Gasteiger charge is -2.19. The quantitative estimate of drug-likeness (QED) is 0.178. The Morgan fingerprint density at radius 3 is 2.13 bits per heavy atom. The summed E-state index contributed by atoms with van der Waals surface area (Å²) in [7, 11) is 0. The second kappa shape index (κ2) is 19.3. The first kappa shape index (κ1) is 28.4. The van der Waals surface area contributed by atoms with E-state index in [1.54, 1.807) is 0 Å². The second-order valence-electron chi connectivity index (χ2n) is 8.78. The highest BCUT2D eigenvalue weighted by Crippen LogP contribution is 2.25. The molecule has 1 amide bonds. The molecule has 0 aromatic rings. The molecule has 0 aliphatic carbocycles. The number of hydrogen-bond donors (Lipinski definition) is 1. The van der Waals surface area contributed by atoms with Crippen LogP contribution in [0, 0.1) is 11.3 Å². The van der Waals surface area contributed by atoms with Gasteiger partial charge in [-0.2, -0.15) is 0 Å². The van der Waals surface area contributed by atoms with Gasteiger partial charge in [0.15, 0.2) is 0 Å². The molecule has 0 aromatic carbocycles. The molecule has 172 valence electrons. The molecule has 3 heteroatoms. The molecule has 1 N–H and O–H groups in total. The van der Waals surface area contributed by atoms with E-state index in [9.17, 15) is 9.18 Å². The monoisotopic (exact) mass is 419 g/mol. The Kier molecular flexibility index (Phi) is 18.3. The van der Waals surface area contributed by atoms with Gasteiger partial charge >= 0.3 is 0 Å². The normalized spacial score (nSPS) is 13.9. The van der Waals surface area contributed by atoms with Crippen LogP contribution in [0.15, 0.2) is 48.6 Å². The van der Waals surface area contributed by atoms with E-state index >= 15 is 0 Å². The van der Waals surface area contributed by atoms with Crippen LogP contribution in [0.4, 0.5) is 4.39 Å². The third kappa shape index (κ3) is 18.4. The molecule has 0 aromatic heterocycles. The number of allylic oxidation sites excluding steroid dienone is 8. The van der Waals surface area contributed by atoms with Crippen LogP contribution in [0.5, 0.6) is 0 Å². The summed E-state index contributed by atoms with van der Waals surface area (Å²) in [5.41, 5.74) is 0.309. The van der Waals surface area contributed by atoms with Crippen LogP contribution in [-0.4, -0.2) is 19.1 Å². The molecule has 0 spiro atoms. The number of halogens is 1. The van der Waals surface area contributed by atoms with Gasteiger partial charge in [-0.25, -0.2) is 4.39 Å². The van der Waals surface area contributed by atoms with Crippen molar-refractivity contribution in [1.82, 2.24) is 5.32 Å². The highest BCUT2D eigenvalue weighted by atomic mass is 19.1. The highest BCUT2D eigenvalue weighted by Gasteiger charge is 2.12. The molecule has 0 fully saturated rings. The largest absolute Gasteiger partial charge is 0.353 e. The third-order valence-corrected chi connectivity index (χ3v) is 5.17. The van der Waals surface area contributed by atoms with Crippen molar-refractivity contribution in [2.45, 2.75) is 91.9 Å². The first-order valence-corrected chi connectivity index (χ1v) is 11.9. The zero-order chi connectivity index (χ0) is 22.5. The molecular weight excluding hydrogens is 373 g/mol. The van der Waals surface area contributed by atoms with Crippen molar-refractivity contribution in [2.24, 2.45) is 11.3 Å². The average Bonchev–Trinajstić information content (AvgIpc) is 2.72. The number of alkyl halides is 1. The van der Waals surface area contributed by atoms with E-state index in [1.165, 1.54) is 32.1 Å². The lowest BCUT2D eigenvalue weighted by molar-refractivity contribution is -0.124. The van der Waals surface area contributed by atoms with Gasteiger partial charge in [0, 0.05) is 12.5 Å². The van der Waals surface area contributed by atoms with Crippen molar-refractivity contribution >= 4 is 5.91 Å². The Morgan fingerprint density at radius 1 is 0.933 bits per heavy atom. The van der Waals surface area contributed by atoms with Crippen molar-refractivity contribution in [3.05, 3.63) is 48.6 Å².